The molecule has 130 valence electrons. The van der Waals surface area contributed by atoms with Crippen molar-refractivity contribution in [1.82, 2.24) is 14.5 Å². The zero-order valence-electron chi connectivity index (χ0n) is 14.7. The van der Waals surface area contributed by atoms with E-state index >= 15 is 0 Å². The lowest BCUT2D eigenvalue weighted by atomic mass is 10.1. The molecule has 6 nitrogen and oxygen atoms in total. The molecule has 0 aliphatic carbocycles. The van der Waals surface area contributed by atoms with Gasteiger partial charge in [0.05, 0.1) is 30.9 Å². The number of rotatable bonds is 3. The number of aryl methyl sites for hydroxylation is 2. The molecular weight excluding hydrogens is 342 g/mol. The molecule has 0 saturated carbocycles. The Morgan fingerprint density at radius 3 is 2.52 bits per heavy atom. The van der Waals surface area contributed by atoms with Gasteiger partial charge in [-0.05, 0) is 32.4 Å². The Hall–Kier alpha value is -2.60. The predicted molar refractivity (Wildman–Crippen MR) is 96.0 cm³/mol. The van der Waals surface area contributed by atoms with Gasteiger partial charge in [0.2, 0.25) is 0 Å². The van der Waals surface area contributed by atoms with Crippen molar-refractivity contribution in [2.75, 3.05) is 14.2 Å². The first-order valence-electron chi connectivity index (χ1n) is 7.67. The summed E-state index contributed by atoms with van der Waals surface area (Å²) in [5.74, 6) is 0.779. The molecule has 2 aromatic heterocycles. The molecule has 1 aromatic carbocycles. The third kappa shape index (κ3) is 2.72. The van der Waals surface area contributed by atoms with Gasteiger partial charge in [-0.3, -0.25) is 4.57 Å². The summed E-state index contributed by atoms with van der Waals surface area (Å²) in [6.45, 7) is 5.70. The van der Waals surface area contributed by atoms with Gasteiger partial charge < -0.3 is 9.47 Å². The number of fused-ring (bicyclic) bond motifs is 1. The molecule has 3 rings (SSSR count). The minimum absolute atomic E-state index is 0.222. The number of halogens is 1. The molecule has 0 aliphatic rings. The number of esters is 1. The van der Waals surface area contributed by atoms with Crippen LogP contribution in [0.4, 0.5) is 0 Å². The first kappa shape index (κ1) is 17.2. The van der Waals surface area contributed by atoms with E-state index in [4.69, 9.17) is 21.1 Å². The lowest BCUT2D eigenvalue weighted by Crippen LogP contribution is -2.03. The van der Waals surface area contributed by atoms with Crippen molar-refractivity contribution in [1.29, 1.82) is 0 Å². The molecular formula is C18H18ClN3O3. The van der Waals surface area contributed by atoms with Crippen LogP contribution in [0.15, 0.2) is 18.3 Å². The zero-order valence-corrected chi connectivity index (χ0v) is 15.4. The molecule has 25 heavy (non-hydrogen) atoms. The Morgan fingerprint density at radius 2 is 1.88 bits per heavy atom. The van der Waals surface area contributed by atoms with Crippen LogP contribution in [0.2, 0.25) is 5.15 Å². The second kappa shape index (κ2) is 6.37. The topological polar surface area (TPSA) is 66.2 Å². The quantitative estimate of drug-likeness (QED) is 0.525. The number of carbonyl (C=O) groups excluding carboxylic acids is 1. The Balaban J connectivity index is 2.45. The van der Waals surface area contributed by atoms with E-state index < -0.39 is 5.97 Å². The lowest BCUT2D eigenvalue weighted by molar-refractivity contribution is 0.0603. The molecule has 0 unspecified atom stereocenters. The average molecular weight is 360 g/mol. The third-order valence-corrected chi connectivity index (χ3v) is 4.44. The van der Waals surface area contributed by atoms with Gasteiger partial charge in [0.25, 0.3) is 0 Å². The van der Waals surface area contributed by atoms with Gasteiger partial charge in [0.15, 0.2) is 5.65 Å². The van der Waals surface area contributed by atoms with E-state index in [1.54, 1.807) is 20.2 Å². The predicted octanol–water partition coefficient (Wildman–Crippen LogP) is 3.79. The monoisotopic (exact) mass is 359 g/mol. The fourth-order valence-corrected chi connectivity index (χ4v) is 3.34. The van der Waals surface area contributed by atoms with Crippen molar-refractivity contribution in [2.45, 2.75) is 20.8 Å². The molecule has 0 N–H and O–H groups in total. The molecule has 0 amide bonds. The average Bonchev–Trinajstić information content (AvgIpc) is 2.94. The van der Waals surface area contributed by atoms with Gasteiger partial charge in [-0.1, -0.05) is 17.7 Å². The summed E-state index contributed by atoms with van der Waals surface area (Å²) >= 11 is 6.31. The highest BCUT2D eigenvalue weighted by Gasteiger charge is 2.23. The SMILES string of the molecule is COC(=O)c1cn(-c2c(C)ccc(OC)c2C)c2nc(C)nc(Cl)c12. The van der Waals surface area contributed by atoms with Crippen LogP contribution in [0.1, 0.15) is 27.3 Å². The van der Waals surface area contributed by atoms with Gasteiger partial charge in [0.1, 0.15) is 16.7 Å². The maximum Gasteiger partial charge on any atom is 0.340 e. The van der Waals surface area contributed by atoms with Crippen LogP contribution in [-0.4, -0.2) is 34.7 Å². The Morgan fingerprint density at radius 1 is 1.16 bits per heavy atom. The van der Waals surface area contributed by atoms with Gasteiger partial charge >= 0.3 is 5.97 Å². The highest BCUT2D eigenvalue weighted by atomic mass is 35.5. The molecule has 0 radical (unpaired) electrons. The minimum atomic E-state index is -0.490. The summed E-state index contributed by atoms with van der Waals surface area (Å²) in [5, 5.41) is 0.695. The van der Waals surface area contributed by atoms with Crippen LogP contribution in [0.5, 0.6) is 5.75 Å². The molecule has 0 saturated heterocycles. The highest BCUT2D eigenvalue weighted by molar-refractivity contribution is 6.35. The smallest absolute Gasteiger partial charge is 0.340 e. The van der Waals surface area contributed by atoms with Crippen LogP contribution in [0.25, 0.3) is 16.7 Å². The largest absolute Gasteiger partial charge is 0.496 e. The first-order valence-corrected chi connectivity index (χ1v) is 8.05. The number of aromatic nitrogens is 3. The van der Waals surface area contributed by atoms with E-state index in [1.165, 1.54) is 7.11 Å². The molecule has 3 aromatic rings. The summed E-state index contributed by atoms with van der Waals surface area (Å²) < 4.78 is 12.2. The van der Waals surface area contributed by atoms with Crippen LogP contribution >= 0.6 is 11.6 Å². The fourth-order valence-electron chi connectivity index (χ4n) is 3.03. The Bertz CT molecular complexity index is 995. The van der Waals surface area contributed by atoms with E-state index in [-0.39, 0.29) is 5.15 Å². The lowest BCUT2D eigenvalue weighted by Gasteiger charge is -2.15. The molecule has 0 fully saturated rings. The van der Waals surface area contributed by atoms with E-state index in [2.05, 4.69) is 9.97 Å². The standard InChI is InChI=1S/C18H18ClN3O3/c1-9-6-7-13(24-4)10(2)15(9)22-8-12(18(23)25-5)14-16(19)20-11(3)21-17(14)22/h6-8H,1-5H3. The summed E-state index contributed by atoms with van der Waals surface area (Å²) in [6.07, 6.45) is 1.69. The van der Waals surface area contributed by atoms with Crippen molar-refractivity contribution >= 4 is 28.6 Å². The van der Waals surface area contributed by atoms with Crippen LogP contribution < -0.4 is 4.74 Å². The molecule has 0 aliphatic heterocycles. The molecule has 0 atom stereocenters. The maximum atomic E-state index is 12.2. The van der Waals surface area contributed by atoms with Gasteiger partial charge in [-0.25, -0.2) is 14.8 Å². The van der Waals surface area contributed by atoms with Crippen molar-refractivity contribution in [3.63, 3.8) is 0 Å². The van der Waals surface area contributed by atoms with Crippen molar-refractivity contribution in [3.05, 3.63) is 46.0 Å². The summed E-state index contributed by atoms with van der Waals surface area (Å²) in [4.78, 5) is 20.9. The number of hydrogen-bond acceptors (Lipinski definition) is 5. The van der Waals surface area contributed by atoms with Crippen LogP contribution in [0.3, 0.4) is 0 Å². The van der Waals surface area contributed by atoms with Crippen LogP contribution in [-0.2, 0) is 4.74 Å². The second-order valence-electron chi connectivity index (χ2n) is 5.72. The minimum Gasteiger partial charge on any atom is -0.496 e. The zero-order chi connectivity index (χ0) is 18.3. The molecule has 2 heterocycles. The van der Waals surface area contributed by atoms with E-state index in [1.807, 2.05) is 30.5 Å². The van der Waals surface area contributed by atoms with Crippen molar-refractivity contribution < 1.29 is 14.3 Å². The number of carbonyl (C=O) groups is 1. The van der Waals surface area contributed by atoms with E-state index in [0.717, 1.165) is 22.6 Å². The van der Waals surface area contributed by atoms with Gasteiger partial charge in [-0.15, -0.1) is 0 Å². The van der Waals surface area contributed by atoms with E-state index in [9.17, 15) is 4.79 Å². The van der Waals surface area contributed by atoms with Crippen molar-refractivity contribution in [3.8, 4) is 11.4 Å². The summed E-state index contributed by atoms with van der Waals surface area (Å²) in [7, 11) is 2.95. The number of ether oxygens (including phenoxy) is 2. The molecule has 0 spiro atoms. The Labute approximate surface area is 150 Å². The Kier molecular flexibility index (Phi) is 4.39. The molecule has 7 heteroatoms. The van der Waals surface area contributed by atoms with E-state index in [0.29, 0.717) is 22.4 Å². The normalized spacial score (nSPS) is 11.0. The second-order valence-corrected chi connectivity index (χ2v) is 6.08. The fraction of sp³-hybridized carbons (Fsp3) is 0.278. The first-order chi connectivity index (χ1) is 11.9. The van der Waals surface area contributed by atoms with Crippen molar-refractivity contribution in [2.24, 2.45) is 0 Å². The summed E-state index contributed by atoms with van der Waals surface area (Å²) in [6, 6.07) is 3.87. The number of benzene rings is 1. The third-order valence-electron chi connectivity index (χ3n) is 4.16. The van der Waals surface area contributed by atoms with Crippen LogP contribution in [0, 0.1) is 20.8 Å². The number of hydrogen-bond donors (Lipinski definition) is 0. The highest BCUT2D eigenvalue weighted by Crippen LogP contribution is 2.34. The molecule has 0 bridgehead atoms. The van der Waals surface area contributed by atoms with Gasteiger partial charge in [0, 0.05) is 11.8 Å². The number of nitrogens with zero attached hydrogens (tertiary/aromatic N) is 3. The number of methoxy groups -OCH3 is 2. The van der Waals surface area contributed by atoms with Gasteiger partial charge in [-0.2, -0.15) is 0 Å². The maximum absolute atomic E-state index is 12.2. The summed E-state index contributed by atoms with van der Waals surface area (Å²) in [5.41, 5.74) is 3.71.